The van der Waals surface area contributed by atoms with E-state index in [0.717, 1.165) is 19.0 Å². The van der Waals surface area contributed by atoms with Crippen LogP contribution in [0.1, 0.15) is 21.3 Å². The molecule has 0 amide bonds. The van der Waals surface area contributed by atoms with E-state index in [1.165, 1.54) is 18.2 Å². The number of anilines is 1. The minimum Gasteiger partial charge on any atom is -0.376 e. The third-order valence-corrected chi connectivity index (χ3v) is 6.26. The first-order valence-corrected chi connectivity index (χ1v) is 10.8. The number of rotatable bonds is 5. The van der Waals surface area contributed by atoms with Crippen molar-refractivity contribution >= 4 is 5.82 Å². The highest BCUT2D eigenvalue weighted by Gasteiger charge is 2.41. The van der Waals surface area contributed by atoms with Gasteiger partial charge in [0.1, 0.15) is 5.82 Å². The zero-order chi connectivity index (χ0) is 23.9. The van der Waals surface area contributed by atoms with Crippen LogP contribution in [0, 0.1) is 11.8 Å². The molecule has 10 heteroatoms. The molecule has 5 rings (SSSR count). The van der Waals surface area contributed by atoms with Crippen molar-refractivity contribution in [3.63, 3.8) is 0 Å². The molecule has 3 aliphatic rings. The van der Waals surface area contributed by atoms with Crippen molar-refractivity contribution in [1.29, 1.82) is 0 Å². The van der Waals surface area contributed by atoms with E-state index in [2.05, 4.69) is 20.5 Å². The van der Waals surface area contributed by atoms with E-state index in [-0.39, 0.29) is 23.9 Å². The molecule has 1 N–H and O–H groups in total. The minimum atomic E-state index is -4.57. The number of ether oxygens (including phenoxy) is 2. The third kappa shape index (κ3) is 4.72. The van der Waals surface area contributed by atoms with Gasteiger partial charge in [-0.05, 0) is 48.9 Å². The van der Waals surface area contributed by atoms with Gasteiger partial charge in [0, 0.05) is 40.1 Å². The summed E-state index contributed by atoms with van der Waals surface area (Å²) in [6.45, 7) is 0.913. The molecular formula is C22H26F3N5O2. The maximum Gasteiger partial charge on any atom is 0.434 e. The first kappa shape index (κ1) is 19.2. The van der Waals surface area contributed by atoms with Gasteiger partial charge in [0.05, 0.1) is 31.6 Å². The van der Waals surface area contributed by atoms with E-state index in [9.17, 15) is 13.2 Å². The third-order valence-electron chi connectivity index (χ3n) is 6.26. The molecule has 2 saturated heterocycles. The van der Waals surface area contributed by atoms with Crippen molar-refractivity contribution < 1.29 is 25.4 Å². The van der Waals surface area contributed by atoms with Gasteiger partial charge in [-0.15, -0.1) is 10.2 Å². The van der Waals surface area contributed by atoms with Gasteiger partial charge in [-0.3, -0.25) is 4.98 Å². The van der Waals surface area contributed by atoms with Gasteiger partial charge in [0.15, 0.2) is 5.69 Å². The van der Waals surface area contributed by atoms with E-state index < -0.39 is 24.5 Å². The standard InChI is InChI=1S/C22H26F3N5O2/c23-22(24,25)21-18(2-1-5-26-21)19-3-4-20(29-28-19)27-16-8-14-10-30(11-15(14)9-16)12-17-13-31-6-7-32-17/h1-5,14-17H,6-13H2,(H,27,29)/t14-,15+,16?,17-/m0/s1/i12D2. The normalized spacial score (nSPS) is 30.0. The molecule has 0 spiro atoms. The summed E-state index contributed by atoms with van der Waals surface area (Å²) in [5, 5.41) is 11.4. The second-order valence-electron chi connectivity index (χ2n) is 8.50. The predicted octanol–water partition coefficient (Wildman–Crippen LogP) is 3.10. The molecule has 0 bridgehead atoms. The van der Waals surface area contributed by atoms with Crippen molar-refractivity contribution in [2.45, 2.75) is 31.2 Å². The summed E-state index contributed by atoms with van der Waals surface area (Å²) in [4.78, 5) is 5.34. The van der Waals surface area contributed by atoms with Gasteiger partial charge >= 0.3 is 6.18 Å². The van der Waals surface area contributed by atoms with E-state index in [1.807, 2.05) is 4.90 Å². The fourth-order valence-corrected chi connectivity index (χ4v) is 4.89. The van der Waals surface area contributed by atoms with Crippen LogP contribution in [0.25, 0.3) is 11.3 Å². The van der Waals surface area contributed by atoms with Crippen molar-refractivity contribution in [1.82, 2.24) is 20.1 Å². The number of pyridine rings is 1. The summed E-state index contributed by atoms with van der Waals surface area (Å²) < 4.78 is 67.8. The average Bonchev–Trinajstić information content (AvgIpc) is 3.39. The molecule has 2 aromatic rings. The van der Waals surface area contributed by atoms with Crippen LogP contribution in [0.15, 0.2) is 30.5 Å². The lowest BCUT2D eigenvalue weighted by atomic mass is 10.0. The molecule has 4 atom stereocenters. The molecule has 4 heterocycles. The van der Waals surface area contributed by atoms with Crippen LogP contribution in [0.4, 0.5) is 19.0 Å². The Labute approximate surface area is 187 Å². The fraction of sp³-hybridized carbons (Fsp3) is 0.591. The molecule has 32 heavy (non-hydrogen) atoms. The van der Waals surface area contributed by atoms with Crippen LogP contribution in [-0.4, -0.2) is 71.6 Å². The van der Waals surface area contributed by atoms with Gasteiger partial charge in [0.25, 0.3) is 0 Å². The summed E-state index contributed by atoms with van der Waals surface area (Å²) in [6.07, 6.45) is -2.32. The van der Waals surface area contributed by atoms with Crippen LogP contribution in [0.5, 0.6) is 0 Å². The summed E-state index contributed by atoms with van der Waals surface area (Å²) in [5.41, 5.74) is -0.976. The Morgan fingerprint density at radius 3 is 2.59 bits per heavy atom. The van der Waals surface area contributed by atoms with E-state index >= 15 is 0 Å². The number of hydrogen-bond acceptors (Lipinski definition) is 7. The molecule has 172 valence electrons. The van der Waals surface area contributed by atoms with E-state index in [0.29, 0.717) is 44.0 Å². The van der Waals surface area contributed by atoms with Crippen molar-refractivity contribution in [3.8, 4) is 11.3 Å². The predicted molar refractivity (Wildman–Crippen MR) is 111 cm³/mol. The smallest absolute Gasteiger partial charge is 0.376 e. The zero-order valence-electron chi connectivity index (χ0n) is 19.4. The largest absolute Gasteiger partial charge is 0.434 e. The molecule has 7 nitrogen and oxygen atoms in total. The number of halogens is 3. The highest BCUT2D eigenvalue weighted by molar-refractivity contribution is 5.62. The second kappa shape index (κ2) is 8.92. The van der Waals surface area contributed by atoms with Gasteiger partial charge in [-0.25, -0.2) is 0 Å². The summed E-state index contributed by atoms with van der Waals surface area (Å²) >= 11 is 0. The number of aromatic nitrogens is 3. The minimum absolute atomic E-state index is 0.105. The molecular weight excluding hydrogens is 423 g/mol. The van der Waals surface area contributed by atoms with Crippen LogP contribution >= 0.6 is 0 Å². The molecule has 0 radical (unpaired) electrons. The number of nitrogens with one attached hydrogen (secondary N) is 1. The zero-order valence-corrected chi connectivity index (χ0v) is 17.4. The van der Waals surface area contributed by atoms with Crippen molar-refractivity contribution in [2.75, 3.05) is 44.7 Å². The lowest BCUT2D eigenvalue weighted by Gasteiger charge is -2.28. The Kier molecular flexibility index (Phi) is 5.35. The summed E-state index contributed by atoms with van der Waals surface area (Å²) in [6, 6.07) is 6.07. The molecule has 0 aromatic carbocycles. The molecule has 1 aliphatic carbocycles. The number of fused-ring (bicyclic) bond motifs is 1. The summed E-state index contributed by atoms with van der Waals surface area (Å²) in [5.74, 6) is 1.22. The quantitative estimate of drug-likeness (QED) is 0.749. The Bertz CT molecular complexity index is 991. The van der Waals surface area contributed by atoms with E-state index in [4.69, 9.17) is 12.2 Å². The summed E-state index contributed by atoms with van der Waals surface area (Å²) in [7, 11) is 0. The number of nitrogens with zero attached hydrogens (tertiary/aromatic N) is 4. The average molecular weight is 451 g/mol. The number of likely N-dealkylation sites (tertiary alicyclic amines) is 1. The SMILES string of the molecule is [2H]C([2H])([C@H]1COCCO1)N1C[C@H]2CC(Nc3ccc(-c4cccnc4C(F)(F)F)nn3)C[C@H]2C1. The Hall–Kier alpha value is -2.30. The Balaban J connectivity index is 1.19. The molecule has 1 saturated carbocycles. The van der Waals surface area contributed by atoms with Gasteiger partial charge in [0.2, 0.25) is 0 Å². The maximum absolute atomic E-state index is 13.2. The monoisotopic (exact) mass is 451 g/mol. The van der Waals surface area contributed by atoms with Gasteiger partial charge in [-0.1, -0.05) is 0 Å². The topological polar surface area (TPSA) is 72.4 Å². The van der Waals surface area contributed by atoms with Crippen molar-refractivity contribution in [2.24, 2.45) is 11.8 Å². The molecule has 2 aliphatic heterocycles. The van der Waals surface area contributed by atoms with Crippen LogP contribution < -0.4 is 5.32 Å². The molecule has 3 fully saturated rings. The van der Waals surface area contributed by atoms with Crippen LogP contribution in [0.3, 0.4) is 0 Å². The Morgan fingerprint density at radius 2 is 1.94 bits per heavy atom. The van der Waals surface area contributed by atoms with Crippen LogP contribution in [0.2, 0.25) is 0 Å². The number of alkyl halides is 3. The molecule has 2 aromatic heterocycles. The molecule has 1 unspecified atom stereocenters. The van der Waals surface area contributed by atoms with Gasteiger partial charge < -0.3 is 19.7 Å². The fourth-order valence-electron chi connectivity index (χ4n) is 4.89. The second-order valence-corrected chi connectivity index (χ2v) is 8.50. The maximum atomic E-state index is 13.2. The number of hydrogen-bond donors (Lipinski definition) is 1. The highest BCUT2D eigenvalue weighted by Crippen LogP contribution is 2.39. The van der Waals surface area contributed by atoms with E-state index in [1.54, 1.807) is 6.07 Å². The van der Waals surface area contributed by atoms with Gasteiger partial charge in [-0.2, -0.15) is 13.2 Å². The lowest BCUT2D eigenvalue weighted by molar-refractivity contribution is -0.140. The highest BCUT2D eigenvalue weighted by atomic mass is 19.4. The Morgan fingerprint density at radius 1 is 1.12 bits per heavy atom. The lowest BCUT2D eigenvalue weighted by Crippen LogP contribution is -2.39. The van der Waals surface area contributed by atoms with Crippen molar-refractivity contribution in [3.05, 3.63) is 36.2 Å². The first-order chi connectivity index (χ1) is 16.2. The first-order valence-electron chi connectivity index (χ1n) is 11.8. The van der Waals surface area contributed by atoms with Crippen LogP contribution in [-0.2, 0) is 15.7 Å².